The summed E-state index contributed by atoms with van der Waals surface area (Å²) in [5.41, 5.74) is 1.46. The summed E-state index contributed by atoms with van der Waals surface area (Å²) in [5, 5.41) is 5.36. The molecule has 1 saturated heterocycles. The van der Waals surface area contributed by atoms with Crippen LogP contribution in [0.1, 0.15) is 31.1 Å². The van der Waals surface area contributed by atoms with Crippen molar-refractivity contribution in [3.8, 4) is 0 Å². The minimum absolute atomic E-state index is 0.0134. The van der Waals surface area contributed by atoms with Crippen molar-refractivity contribution in [2.24, 2.45) is 0 Å². The number of ether oxygens (including phenoxy) is 1. The van der Waals surface area contributed by atoms with Crippen molar-refractivity contribution in [2.45, 2.75) is 38.9 Å². The lowest BCUT2D eigenvalue weighted by Gasteiger charge is -2.41. The average molecular weight is 448 g/mol. The first-order chi connectivity index (χ1) is 15.0. The second kappa shape index (κ2) is 10.8. The summed E-state index contributed by atoms with van der Waals surface area (Å²) in [5.74, 6) is -1.35. The molecule has 2 rings (SSSR count). The molecule has 32 heavy (non-hydrogen) atoms. The maximum Gasteiger partial charge on any atom is 0.328 e. The Hall–Kier alpha value is -3.30. The van der Waals surface area contributed by atoms with Gasteiger partial charge < -0.3 is 30.1 Å². The smallest absolute Gasteiger partial charge is 0.328 e. The zero-order chi connectivity index (χ0) is 24.0. The average Bonchev–Trinajstić information content (AvgIpc) is 2.76. The monoisotopic (exact) mass is 447 g/mol. The minimum atomic E-state index is -0.945. The van der Waals surface area contributed by atoms with Crippen LogP contribution >= 0.6 is 0 Å². The highest BCUT2D eigenvalue weighted by Crippen LogP contribution is 2.17. The van der Waals surface area contributed by atoms with E-state index in [2.05, 4.69) is 15.4 Å². The van der Waals surface area contributed by atoms with Crippen LogP contribution in [0.25, 0.3) is 0 Å². The number of nitrogens with zero attached hydrogens (tertiary/aromatic N) is 3. The molecule has 0 aliphatic carbocycles. The summed E-state index contributed by atoms with van der Waals surface area (Å²) >= 11 is 0. The lowest BCUT2D eigenvalue weighted by atomic mass is 10.1. The number of rotatable bonds is 6. The fraction of sp³-hybridized carbons (Fsp3) is 0.545. The molecule has 1 heterocycles. The second-order valence-electron chi connectivity index (χ2n) is 8.26. The Balaban J connectivity index is 2.21. The van der Waals surface area contributed by atoms with Gasteiger partial charge in [-0.2, -0.15) is 0 Å². The van der Waals surface area contributed by atoms with Crippen LogP contribution in [0, 0.1) is 0 Å². The van der Waals surface area contributed by atoms with Gasteiger partial charge in [-0.1, -0.05) is 0 Å². The molecule has 0 unspecified atom stereocenters. The molecule has 0 radical (unpaired) electrons. The molecule has 1 aliphatic rings. The number of carbonyl (C=O) groups excluding carboxylic acids is 4. The molecule has 1 aliphatic heterocycles. The molecular weight excluding hydrogens is 414 g/mol. The molecule has 176 valence electrons. The summed E-state index contributed by atoms with van der Waals surface area (Å²) < 4.78 is 4.66. The van der Waals surface area contributed by atoms with E-state index >= 15 is 0 Å². The van der Waals surface area contributed by atoms with Crippen molar-refractivity contribution in [1.82, 2.24) is 20.4 Å². The van der Waals surface area contributed by atoms with Crippen LogP contribution < -0.4 is 15.5 Å². The van der Waals surface area contributed by atoms with Crippen molar-refractivity contribution in [3.63, 3.8) is 0 Å². The first-order valence-electron chi connectivity index (χ1n) is 10.6. The van der Waals surface area contributed by atoms with Gasteiger partial charge in [-0.15, -0.1) is 0 Å². The van der Waals surface area contributed by atoms with Gasteiger partial charge in [0.2, 0.25) is 5.91 Å². The van der Waals surface area contributed by atoms with E-state index in [1.807, 2.05) is 45.0 Å². The van der Waals surface area contributed by atoms with Gasteiger partial charge in [-0.25, -0.2) is 9.59 Å². The first kappa shape index (κ1) is 25.0. The summed E-state index contributed by atoms with van der Waals surface area (Å²) in [4.78, 5) is 55.3. The summed E-state index contributed by atoms with van der Waals surface area (Å²) in [7, 11) is 5.06. The number of anilines is 1. The number of hydrogen-bond acceptors (Lipinski definition) is 6. The zero-order valence-corrected chi connectivity index (χ0v) is 19.5. The lowest BCUT2D eigenvalue weighted by molar-refractivity contribution is -0.145. The third-order valence-corrected chi connectivity index (χ3v) is 5.19. The van der Waals surface area contributed by atoms with Gasteiger partial charge in [-0.05, 0) is 45.0 Å². The fourth-order valence-electron chi connectivity index (χ4n) is 3.39. The topological polar surface area (TPSA) is 111 Å². The number of carbonyl (C=O) groups is 4. The molecule has 0 saturated carbocycles. The molecule has 2 atom stereocenters. The molecule has 1 fully saturated rings. The van der Waals surface area contributed by atoms with Gasteiger partial charge in [0.15, 0.2) is 0 Å². The molecule has 1 aromatic carbocycles. The lowest BCUT2D eigenvalue weighted by Crippen LogP contribution is -2.64. The number of methoxy groups -OCH3 is 1. The van der Waals surface area contributed by atoms with Crippen LogP contribution in [0.2, 0.25) is 0 Å². The standard InChI is InChI=1S/C22H33N5O5/c1-14(2)23-22(31)27-12-11-26(13-18(27)19(28)24-15(3)21(30)32-6)20(29)16-7-9-17(10-8-16)25(4)5/h7-10,14-15,18H,11-13H2,1-6H3,(H,23,31)(H,24,28)/t15-,18+/m1/s1. The molecule has 0 spiro atoms. The predicted octanol–water partition coefficient (Wildman–Crippen LogP) is 0.675. The van der Waals surface area contributed by atoms with Gasteiger partial charge in [0.05, 0.1) is 13.7 Å². The summed E-state index contributed by atoms with van der Waals surface area (Å²) in [6, 6.07) is 4.84. The van der Waals surface area contributed by atoms with Crippen molar-refractivity contribution < 1.29 is 23.9 Å². The third kappa shape index (κ3) is 6.12. The minimum Gasteiger partial charge on any atom is -0.467 e. The fourth-order valence-corrected chi connectivity index (χ4v) is 3.39. The largest absolute Gasteiger partial charge is 0.467 e. The number of amides is 4. The van der Waals surface area contributed by atoms with Crippen molar-refractivity contribution in [3.05, 3.63) is 29.8 Å². The van der Waals surface area contributed by atoms with E-state index in [4.69, 9.17) is 0 Å². The maximum absolute atomic E-state index is 13.1. The molecule has 10 nitrogen and oxygen atoms in total. The van der Waals surface area contributed by atoms with Crippen molar-refractivity contribution in [2.75, 3.05) is 45.7 Å². The number of urea groups is 1. The molecule has 0 aromatic heterocycles. The Labute approximate surface area is 188 Å². The van der Waals surface area contributed by atoms with Crippen LogP contribution in [0.4, 0.5) is 10.5 Å². The van der Waals surface area contributed by atoms with E-state index in [1.165, 1.54) is 18.9 Å². The Bertz CT molecular complexity index is 840. The van der Waals surface area contributed by atoms with E-state index in [-0.39, 0.29) is 31.6 Å². The number of benzene rings is 1. The highest BCUT2D eigenvalue weighted by molar-refractivity contribution is 5.96. The van der Waals surface area contributed by atoms with E-state index in [1.54, 1.807) is 17.0 Å². The Kier molecular flexibility index (Phi) is 8.45. The summed E-state index contributed by atoms with van der Waals surface area (Å²) in [6.45, 7) is 5.63. The van der Waals surface area contributed by atoms with Crippen LogP contribution in [-0.2, 0) is 14.3 Å². The third-order valence-electron chi connectivity index (χ3n) is 5.19. The number of piperazine rings is 1. The molecular formula is C22H33N5O5. The predicted molar refractivity (Wildman–Crippen MR) is 120 cm³/mol. The zero-order valence-electron chi connectivity index (χ0n) is 19.5. The van der Waals surface area contributed by atoms with Crippen molar-refractivity contribution in [1.29, 1.82) is 0 Å². The van der Waals surface area contributed by atoms with E-state index in [0.717, 1.165) is 5.69 Å². The molecule has 2 N–H and O–H groups in total. The Morgan fingerprint density at radius 1 is 1.03 bits per heavy atom. The summed E-state index contributed by atoms with van der Waals surface area (Å²) in [6.07, 6.45) is 0. The van der Waals surface area contributed by atoms with E-state index < -0.39 is 30.0 Å². The van der Waals surface area contributed by atoms with Crippen molar-refractivity contribution >= 4 is 29.5 Å². The van der Waals surface area contributed by atoms with Gasteiger partial charge in [-0.3, -0.25) is 9.59 Å². The second-order valence-corrected chi connectivity index (χ2v) is 8.26. The molecule has 1 aromatic rings. The Morgan fingerprint density at radius 3 is 2.19 bits per heavy atom. The van der Waals surface area contributed by atoms with Crippen LogP contribution in [0.15, 0.2) is 24.3 Å². The number of nitrogens with one attached hydrogen (secondary N) is 2. The van der Waals surface area contributed by atoms with Gasteiger partial charge in [0.25, 0.3) is 5.91 Å². The number of esters is 1. The van der Waals surface area contributed by atoms with E-state index in [9.17, 15) is 19.2 Å². The quantitative estimate of drug-likeness (QED) is 0.621. The number of hydrogen-bond donors (Lipinski definition) is 2. The normalized spacial score (nSPS) is 16.9. The van der Waals surface area contributed by atoms with Crippen LogP contribution in [-0.4, -0.2) is 92.6 Å². The van der Waals surface area contributed by atoms with Gasteiger partial charge in [0, 0.05) is 44.5 Å². The van der Waals surface area contributed by atoms with Gasteiger partial charge in [0.1, 0.15) is 12.1 Å². The SMILES string of the molecule is COC(=O)[C@@H](C)NC(=O)[C@@H]1CN(C(=O)c2ccc(N(C)C)cc2)CCN1C(=O)NC(C)C. The van der Waals surface area contributed by atoms with Crippen LogP contribution in [0.5, 0.6) is 0 Å². The molecule has 10 heteroatoms. The maximum atomic E-state index is 13.1. The van der Waals surface area contributed by atoms with E-state index in [0.29, 0.717) is 5.56 Å². The molecule has 4 amide bonds. The first-order valence-corrected chi connectivity index (χ1v) is 10.6. The highest BCUT2D eigenvalue weighted by Gasteiger charge is 2.38. The Morgan fingerprint density at radius 2 is 1.66 bits per heavy atom. The highest BCUT2D eigenvalue weighted by atomic mass is 16.5. The van der Waals surface area contributed by atoms with Gasteiger partial charge >= 0.3 is 12.0 Å². The van der Waals surface area contributed by atoms with Crippen LogP contribution in [0.3, 0.4) is 0 Å². The molecule has 0 bridgehead atoms.